The lowest BCUT2D eigenvalue weighted by Gasteiger charge is -2.31. The van der Waals surface area contributed by atoms with Crippen LogP contribution >= 0.6 is 11.3 Å². The molecule has 0 aliphatic carbocycles. The van der Waals surface area contributed by atoms with Crippen LogP contribution in [-0.4, -0.2) is 202 Å². The van der Waals surface area contributed by atoms with E-state index in [1.807, 2.05) is 58.8 Å². The molecule has 6 rings (SSSR count). The highest BCUT2D eigenvalue weighted by atomic mass is 32.2. The first-order valence-corrected chi connectivity index (χ1v) is 31.9. The first-order valence-electron chi connectivity index (χ1n) is 29.4. The zero-order valence-electron chi connectivity index (χ0n) is 51.0. The third kappa shape index (κ3) is 20.7. The van der Waals surface area contributed by atoms with Crippen molar-refractivity contribution in [2.45, 2.75) is 102 Å². The summed E-state index contributed by atoms with van der Waals surface area (Å²) in [6.45, 7) is 3.38. The van der Waals surface area contributed by atoms with Gasteiger partial charge < -0.3 is 62.3 Å². The maximum Gasteiger partial charge on any atom is 0.737 e. The van der Waals surface area contributed by atoms with E-state index in [2.05, 4.69) is 70.1 Å². The van der Waals surface area contributed by atoms with E-state index in [0.717, 1.165) is 61.5 Å². The van der Waals surface area contributed by atoms with Crippen molar-refractivity contribution in [3.63, 3.8) is 0 Å². The summed E-state index contributed by atoms with van der Waals surface area (Å²) in [6.07, 6.45) is 13.7. The normalized spacial score (nSPS) is 15.7. The minimum absolute atomic E-state index is 0.00615. The number of carbonyl (C=O) groups excluding carboxylic acids is 6. The van der Waals surface area contributed by atoms with Crippen molar-refractivity contribution in [3.05, 3.63) is 105 Å². The number of likely N-dealkylation sites (N-methyl/N-ethyl adjacent to an activating group) is 1. The van der Waals surface area contributed by atoms with Crippen LogP contribution in [0.2, 0.25) is 0 Å². The van der Waals surface area contributed by atoms with Crippen LogP contribution in [0.3, 0.4) is 0 Å². The van der Waals surface area contributed by atoms with Crippen LogP contribution in [0.15, 0.2) is 77.5 Å². The fraction of sp³-hybridized carbons (Fsp3) is 0.517. The number of unbranched alkanes of at least 4 members (excludes halogenated alkanes) is 2. The van der Waals surface area contributed by atoms with Gasteiger partial charge in [-0.05, 0) is 105 Å². The molecule has 0 saturated carbocycles. The quantitative estimate of drug-likeness (QED) is 0.0209. The highest BCUT2D eigenvalue weighted by Crippen LogP contribution is 2.41. The minimum Gasteiger partial charge on any atom is -0.494 e. The number of carbonyl (C=O) groups is 6. The lowest BCUT2D eigenvalue weighted by atomic mass is 9.88. The number of halogens is 2. The Kier molecular flexibility index (Phi) is 24.4. The predicted octanol–water partition coefficient (Wildman–Crippen LogP) is 5.61. The molecule has 26 heteroatoms. The average Bonchev–Trinajstić information content (AvgIpc) is 1.57. The summed E-state index contributed by atoms with van der Waals surface area (Å²) in [4.78, 5) is 83.5. The van der Waals surface area contributed by atoms with Gasteiger partial charge in [0.05, 0.1) is 79.1 Å². The zero-order valence-corrected chi connectivity index (χ0v) is 52.6. The van der Waals surface area contributed by atoms with E-state index in [-0.39, 0.29) is 44.7 Å². The number of thiophene rings is 1. The number of hydrogen-bond acceptors (Lipinski definition) is 12. The second kappa shape index (κ2) is 30.7. The molecule has 1 aromatic carbocycles. The van der Waals surface area contributed by atoms with Gasteiger partial charge in [-0.2, -0.15) is 8.42 Å². The van der Waals surface area contributed by atoms with E-state index in [4.69, 9.17) is 9.57 Å². The second-order valence-corrected chi connectivity index (χ2v) is 26.6. The molecule has 1 saturated heterocycles. The molecule has 1 fully saturated rings. The van der Waals surface area contributed by atoms with Crippen molar-refractivity contribution in [2.75, 3.05) is 101 Å². The molecule has 3 aromatic rings. The van der Waals surface area contributed by atoms with Crippen molar-refractivity contribution in [2.24, 2.45) is 0 Å². The van der Waals surface area contributed by atoms with Crippen molar-refractivity contribution in [1.82, 2.24) is 35.7 Å². The maximum absolute atomic E-state index is 17.5. The number of nitrogens with one attached hydrogen (secondary N) is 4. The molecule has 5 N–H and O–H groups in total. The summed E-state index contributed by atoms with van der Waals surface area (Å²) in [5.41, 5.74) is 5.06. The van der Waals surface area contributed by atoms with Crippen LogP contribution in [0.1, 0.15) is 111 Å². The Morgan fingerprint density at radius 2 is 1.55 bits per heavy atom. The number of ether oxygens (including phenoxy) is 1. The predicted molar refractivity (Wildman–Crippen MR) is 330 cm³/mol. The minimum atomic E-state index is -4.73. The molecule has 21 nitrogen and oxygen atoms in total. The van der Waals surface area contributed by atoms with E-state index < -0.39 is 71.1 Å². The van der Waals surface area contributed by atoms with Gasteiger partial charge in [-0.15, -0.1) is 16.4 Å². The lowest BCUT2D eigenvalue weighted by molar-refractivity contribution is -0.870. The first-order chi connectivity index (χ1) is 40.5. The van der Waals surface area contributed by atoms with Crippen LogP contribution in [0.25, 0.3) is 18.2 Å². The molecule has 3 aliphatic heterocycles. The van der Waals surface area contributed by atoms with Crippen LogP contribution in [0.5, 0.6) is 5.75 Å². The van der Waals surface area contributed by atoms with Crippen LogP contribution in [0.4, 0.5) is 8.63 Å². The molecular weight excluding hydrogens is 1150 g/mol. The highest BCUT2D eigenvalue weighted by molar-refractivity contribution is 7.85. The van der Waals surface area contributed by atoms with E-state index in [0.29, 0.717) is 92.3 Å². The summed E-state index contributed by atoms with van der Waals surface area (Å²) >= 11 is 1.45. The molecule has 470 valence electrons. The molecule has 2 aromatic heterocycles. The van der Waals surface area contributed by atoms with Crippen molar-refractivity contribution < 1.29 is 73.4 Å². The number of aryl methyl sites for hydroxylation is 1. The van der Waals surface area contributed by atoms with Gasteiger partial charge in [-0.1, -0.05) is 44.2 Å². The van der Waals surface area contributed by atoms with Crippen molar-refractivity contribution in [3.8, 4) is 5.75 Å². The van der Waals surface area contributed by atoms with Gasteiger partial charge in [0.1, 0.15) is 23.6 Å². The Balaban J connectivity index is 0.948. The number of allylic oxidation sites excluding steroid dienone is 3. The zero-order chi connectivity index (χ0) is 63.0. The van der Waals surface area contributed by atoms with Crippen LogP contribution in [0, 0.1) is 0 Å². The number of rotatable bonds is 35. The van der Waals surface area contributed by atoms with Gasteiger partial charge >= 0.3 is 12.9 Å². The molecule has 5 heterocycles. The number of fused-ring (bicyclic) bond motifs is 2. The van der Waals surface area contributed by atoms with E-state index in [1.165, 1.54) is 20.3 Å². The number of hydrogen-bond donors (Lipinski definition) is 5. The Morgan fingerprint density at radius 1 is 0.860 bits per heavy atom. The SMILES string of the molecule is C=C1CCC(=O)N1OC(=O)CCCCCN(C)CCNC(=O)C(CS(=O)(=O)O)NC(=O)CNC(=O)C(CC)NC(=O)CCCOc1ccc(/C=C/c2cc(CCC[N+](C)(C)C)c3n2[B-](F)(F)[N+]2=C(c4cccs4)C=C(CCC[N+](C)(C)C)C2=C3)cc1. The molecule has 2 atom stereocenters. The van der Waals surface area contributed by atoms with E-state index in [9.17, 15) is 41.7 Å². The van der Waals surface area contributed by atoms with Crippen LogP contribution < -0.4 is 26.0 Å². The molecule has 86 heavy (non-hydrogen) atoms. The maximum atomic E-state index is 17.5. The summed E-state index contributed by atoms with van der Waals surface area (Å²) in [5, 5.41) is 12.7. The Morgan fingerprint density at radius 3 is 2.19 bits per heavy atom. The molecule has 0 radical (unpaired) electrons. The molecule has 3 aliphatic rings. The summed E-state index contributed by atoms with van der Waals surface area (Å²) in [6, 6.07) is 10.2. The van der Waals surface area contributed by atoms with Gasteiger partial charge in [0.15, 0.2) is 11.4 Å². The summed E-state index contributed by atoms with van der Waals surface area (Å²) < 4.78 is 78.1. The Labute approximate surface area is 508 Å². The molecule has 0 spiro atoms. The highest BCUT2D eigenvalue weighted by Gasteiger charge is 2.54. The number of hydroxylamine groups is 2. The molecular formula is C60H87BF2N10O11S2+2. The third-order valence-electron chi connectivity index (χ3n) is 14.8. The summed E-state index contributed by atoms with van der Waals surface area (Å²) in [7, 11) is 9.86. The third-order valence-corrected chi connectivity index (χ3v) is 16.4. The number of amides is 5. The molecule has 0 bridgehead atoms. The lowest BCUT2D eigenvalue weighted by Crippen LogP contribution is -2.54. The smallest absolute Gasteiger partial charge is 0.494 e. The summed E-state index contributed by atoms with van der Waals surface area (Å²) in [5.74, 6) is -4.36. The Hall–Kier alpha value is -6.84. The van der Waals surface area contributed by atoms with Crippen molar-refractivity contribution in [1.29, 1.82) is 0 Å². The van der Waals surface area contributed by atoms with Crippen LogP contribution in [-0.2, 0) is 50.1 Å². The van der Waals surface area contributed by atoms with Gasteiger partial charge in [0.2, 0.25) is 23.6 Å². The van der Waals surface area contributed by atoms with E-state index >= 15 is 8.63 Å². The van der Waals surface area contributed by atoms with E-state index in [1.54, 1.807) is 32.2 Å². The molecule has 2 unspecified atom stereocenters. The Bertz CT molecular complexity index is 3150. The standard InChI is InChI=1S/C60H85BF2N10O11S2/c1-10-49(59(78)65-41-56(75)67-50(42-86(80,81)82)60(79)64-31-33-68(3)32-13-11-12-22-58(77)84-71-43(2)23-30-57(71)76)66-55(74)21-16-36-83-48-28-25-44(26-29-48)24-27-47-38-45(18-14-34-72(4,5)6)51-40-52-46(19-15-35-73(7,8)9)39-53(54-20-17-37-85-54)70(52)61(62,63)69(47)51/h17,20,24-29,37-40,49-50H,2,10-16,18-19,21-23,30-36,41-42H2,1,3-9H3,(H3-2,64,65,66,67,74,75,78,79,80,81,82)/p+2/b27-24+. The fourth-order valence-corrected chi connectivity index (χ4v) is 11.6. The topological polar surface area (TPSA) is 238 Å². The second-order valence-electron chi connectivity index (χ2n) is 24.2. The number of aromatic nitrogens is 1. The number of benzene rings is 1. The van der Waals surface area contributed by atoms with Gasteiger partial charge in [-0.25, -0.2) is 4.79 Å². The monoisotopic (exact) mass is 1240 g/mol. The number of quaternary nitrogens is 2. The fourth-order valence-electron chi connectivity index (χ4n) is 10.2. The number of nitrogens with zero attached hydrogens (tertiary/aromatic N) is 6. The largest absolute Gasteiger partial charge is 0.737 e. The van der Waals surface area contributed by atoms with Gasteiger partial charge in [-0.3, -0.25) is 28.5 Å². The van der Waals surface area contributed by atoms with Crippen molar-refractivity contribution >= 4 is 87.9 Å². The van der Waals surface area contributed by atoms with Gasteiger partial charge in [0, 0.05) is 74.3 Å². The molecule has 5 amide bonds. The average molecular weight is 1240 g/mol. The first kappa shape index (κ1) is 68.3. The van der Waals surface area contributed by atoms with Gasteiger partial charge in [0.25, 0.3) is 16.0 Å².